The van der Waals surface area contributed by atoms with Gasteiger partial charge in [0.25, 0.3) is 0 Å². The zero-order valence-corrected chi connectivity index (χ0v) is 35.1. The highest BCUT2D eigenvalue weighted by Crippen LogP contribution is 2.43. The number of ether oxygens (including phenoxy) is 2. The van der Waals surface area contributed by atoms with Gasteiger partial charge in [0.05, 0.1) is 33.0 Å². The van der Waals surface area contributed by atoms with Crippen molar-refractivity contribution in [2.45, 2.75) is 180 Å². The van der Waals surface area contributed by atoms with Crippen molar-refractivity contribution in [3.63, 3.8) is 0 Å². The largest absolute Gasteiger partial charge is 0.472 e. The molecule has 0 spiro atoms. The highest BCUT2D eigenvalue weighted by Gasteiger charge is 2.26. The summed E-state index contributed by atoms with van der Waals surface area (Å²) in [6.45, 7) is 3.18. The van der Waals surface area contributed by atoms with Crippen LogP contribution in [-0.4, -0.2) is 66.3 Å². The fourth-order valence-electron chi connectivity index (χ4n) is 5.54. The fraction of sp³-hybridized carbons (Fsp3) is 0.750. The lowest BCUT2D eigenvalue weighted by Crippen LogP contribution is -2.29. The monoisotopic (exact) mass is 783 g/mol. The molecular weight excluding hydrogens is 703 g/mol. The molecule has 0 aliphatic carbocycles. The van der Waals surface area contributed by atoms with Crippen LogP contribution in [0.3, 0.4) is 0 Å². The molecule has 0 aromatic rings. The summed E-state index contributed by atoms with van der Waals surface area (Å²) in [7, 11) is -4.54. The van der Waals surface area contributed by atoms with Crippen LogP contribution >= 0.6 is 7.82 Å². The average Bonchev–Trinajstić information content (AvgIpc) is 3.16. The molecule has 0 heterocycles. The SMILES string of the molecule is CC/C=C\C/C=C\C/C=C\C/C=C\C/C=C\CCOCC(COP(=O)(O)OCC(O)CO)OC(=O)CCCCCCCCCCCCCCCCCCC. The highest BCUT2D eigenvalue weighted by atomic mass is 31.2. The Morgan fingerprint density at radius 3 is 1.48 bits per heavy atom. The van der Waals surface area contributed by atoms with Crippen molar-refractivity contribution in [2.75, 3.05) is 33.0 Å². The summed E-state index contributed by atoms with van der Waals surface area (Å²) in [5, 5.41) is 18.3. The van der Waals surface area contributed by atoms with Gasteiger partial charge in [0, 0.05) is 6.42 Å². The number of aliphatic hydroxyl groups excluding tert-OH is 2. The van der Waals surface area contributed by atoms with E-state index in [9.17, 15) is 19.4 Å². The standard InChI is InChI=1S/C44H79O9P/c1-3-5-7-9-11-13-15-17-19-21-22-24-26-28-30-32-34-36-44(47)53-43(41-52-54(48,49)51-39-42(46)38-45)40-50-37-35-33-31-29-27-25-23-20-18-16-14-12-10-8-6-4-2/h6,8,12,14,18,20,25,27,31,33,42-43,45-46H,3-5,7,9-11,13,15-17,19,21-24,26,28-30,32,34-41H2,1-2H3,(H,48,49)/b8-6-,14-12-,20-18-,27-25-,33-31-. The van der Waals surface area contributed by atoms with E-state index in [1.807, 2.05) is 6.08 Å². The molecule has 0 saturated carbocycles. The molecule has 0 saturated heterocycles. The van der Waals surface area contributed by atoms with Gasteiger partial charge >= 0.3 is 13.8 Å². The van der Waals surface area contributed by atoms with Crippen molar-refractivity contribution in [2.24, 2.45) is 0 Å². The summed E-state index contributed by atoms with van der Waals surface area (Å²) >= 11 is 0. The smallest absolute Gasteiger partial charge is 0.457 e. The number of allylic oxidation sites excluding steroid dienone is 9. The Hall–Kier alpha value is -1.84. The second-order valence-electron chi connectivity index (χ2n) is 14.0. The van der Waals surface area contributed by atoms with Gasteiger partial charge in [0.1, 0.15) is 12.2 Å². The number of rotatable bonds is 40. The summed E-state index contributed by atoms with van der Waals surface area (Å²) in [6, 6.07) is 0. The van der Waals surface area contributed by atoms with Crippen LogP contribution < -0.4 is 0 Å². The number of hydrogen-bond donors (Lipinski definition) is 3. The number of carbonyl (C=O) groups excluding carboxylic acids is 1. The van der Waals surface area contributed by atoms with Gasteiger partial charge in [-0.25, -0.2) is 4.57 Å². The molecule has 3 N–H and O–H groups in total. The van der Waals surface area contributed by atoms with Crippen molar-refractivity contribution >= 4 is 13.8 Å². The van der Waals surface area contributed by atoms with Crippen molar-refractivity contribution in [3.8, 4) is 0 Å². The lowest BCUT2D eigenvalue weighted by Gasteiger charge is -2.20. The van der Waals surface area contributed by atoms with Crippen molar-refractivity contribution in [1.82, 2.24) is 0 Å². The summed E-state index contributed by atoms with van der Waals surface area (Å²) in [5.74, 6) is -0.407. The molecule has 0 aromatic carbocycles. The average molecular weight is 783 g/mol. The molecule has 0 fully saturated rings. The molecule has 0 aromatic heterocycles. The maximum absolute atomic E-state index is 12.6. The Kier molecular flexibility index (Phi) is 39.4. The highest BCUT2D eigenvalue weighted by molar-refractivity contribution is 7.47. The molecule has 3 unspecified atom stereocenters. The van der Waals surface area contributed by atoms with Crippen molar-refractivity contribution in [1.29, 1.82) is 0 Å². The van der Waals surface area contributed by atoms with Crippen LogP contribution in [0.2, 0.25) is 0 Å². The number of esters is 1. The third kappa shape index (κ3) is 39.8. The molecule has 0 radical (unpaired) electrons. The van der Waals surface area contributed by atoms with Crippen LogP contribution in [0.25, 0.3) is 0 Å². The molecule has 0 aliphatic rings. The van der Waals surface area contributed by atoms with Crippen molar-refractivity contribution in [3.05, 3.63) is 60.8 Å². The van der Waals surface area contributed by atoms with Gasteiger partial charge in [0.2, 0.25) is 0 Å². The molecule has 0 bridgehead atoms. The van der Waals surface area contributed by atoms with Gasteiger partial charge in [-0.1, -0.05) is 177 Å². The molecular formula is C44H79O9P. The predicted octanol–water partition coefficient (Wildman–Crippen LogP) is 11.6. The molecule has 9 nitrogen and oxygen atoms in total. The Labute approximate surface area is 330 Å². The topological polar surface area (TPSA) is 132 Å². The molecule has 0 aliphatic heterocycles. The van der Waals surface area contributed by atoms with E-state index in [4.69, 9.17) is 23.6 Å². The van der Waals surface area contributed by atoms with E-state index in [2.05, 4.69) is 68.5 Å². The van der Waals surface area contributed by atoms with E-state index >= 15 is 0 Å². The first-order valence-electron chi connectivity index (χ1n) is 21.3. The number of phosphoric acid groups is 1. The van der Waals surface area contributed by atoms with Crippen LogP contribution in [0.15, 0.2) is 60.8 Å². The minimum atomic E-state index is -4.54. The number of aliphatic hydroxyl groups is 2. The molecule has 0 rings (SSSR count). The third-order valence-corrected chi connectivity index (χ3v) is 9.69. The lowest BCUT2D eigenvalue weighted by molar-refractivity contribution is -0.154. The van der Waals surface area contributed by atoms with E-state index in [1.54, 1.807) is 0 Å². The first-order chi connectivity index (χ1) is 26.3. The number of hydrogen-bond acceptors (Lipinski definition) is 8. The van der Waals surface area contributed by atoms with Gasteiger partial charge in [-0.3, -0.25) is 13.8 Å². The minimum Gasteiger partial charge on any atom is -0.457 e. The van der Waals surface area contributed by atoms with Crippen LogP contribution in [-0.2, 0) is 27.9 Å². The molecule has 0 amide bonds. The Balaban J connectivity index is 4.28. The first kappa shape index (κ1) is 52.2. The van der Waals surface area contributed by atoms with Gasteiger partial charge in [-0.15, -0.1) is 0 Å². The van der Waals surface area contributed by atoms with Crippen LogP contribution in [0.4, 0.5) is 0 Å². The third-order valence-electron chi connectivity index (χ3n) is 8.74. The number of unbranched alkanes of at least 4 members (excludes halogenated alkanes) is 16. The maximum Gasteiger partial charge on any atom is 0.472 e. The molecule has 3 atom stereocenters. The normalized spacial score (nSPS) is 14.7. The maximum atomic E-state index is 12.6. The summed E-state index contributed by atoms with van der Waals surface area (Å²) < 4.78 is 33.2. The van der Waals surface area contributed by atoms with Gasteiger partial charge in [-0.05, 0) is 44.9 Å². The zero-order valence-electron chi connectivity index (χ0n) is 34.2. The first-order valence-corrected chi connectivity index (χ1v) is 22.8. The molecule has 54 heavy (non-hydrogen) atoms. The van der Waals surface area contributed by atoms with Crippen molar-refractivity contribution < 1.29 is 43.0 Å². The Morgan fingerprint density at radius 2 is 1.02 bits per heavy atom. The number of carbonyl (C=O) groups is 1. The Bertz CT molecular complexity index is 1020. The van der Waals surface area contributed by atoms with Gasteiger partial charge in [-0.2, -0.15) is 0 Å². The summed E-state index contributed by atoms with van der Waals surface area (Å²) in [4.78, 5) is 22.6. The predicted molar refractivity (Wildman–Crippen MR) is 223 cm³/mol. The molecule has 10 heteroatoms. The lowest BCUT2D eigenvalue weighted by atomic mass is 10.0. The quantitative estimate of drug-likeness (QED) is 0.0240. The van der Waals surface area contributed by atoms with E-state index in [0.29, 0.717) is 13.0 Å². The van der Waals surface area contributed by atoms with E-state index < -0.39 is 45.8 Å². The van der Waals surface area contributed by atoms with E-state index in [-0.39, 0.29) is 13.0 Å². The summed E-state index contributed by atoms with van der Waals surface area (Å²) in [6.07, 6.45) is 46.3. The number of phosphoric ester groups is 1. The summed E-state index contributed by atoms with van der Waals surface area (Å²) in [5.41, 5.74) is 0. The second kappa shape index (κ2) is 40.8. The minimum absolute atomic E-state index is 0.00520. The van der Waals surface area contributed by atoms with Gasteiger partial charge in [0.15, 0.2) is 0 Å². The fourth-order valence-corrected chi connectivity index (χ4v) is 6.33. The van der Waals surface area contributed by atoms with E-state index in [0.717, 1.165) is 51.4 Å². The van der Waals surface area contributed by atoms with Crippen LogP contribution in [0.1, 0.15) is 168 Å². The Morgan fingerprint density at radius 1 is 0.593 bits per heavy atom. The molecule has 314 valence electrons. The second-order valence-corrected chi connectivity index (χ2v) is 15.4. The van der Waals surface area contributed by atoms with E-state index in [1.165, 1.54) is 89.9 Å². The van der Waals surface area contributed by atoms with Crippen LogP contribution in [0, 0.1) is 0 Å². The zero-order chi connectivity index (χ0) is 39.6. The van der Waals surface area contributed by atoms with Crippen LogP contribution in [0.5, 0.6) is 0 Å². The van der Waals surface area contributed by atoms with Gasteiger partial charge < -0.3 is 24.6 Å².